The monoisotopic (exact) mass is 839 g/mol. The summed E-state index contributed by atoms with van der Waals surface area (Å²) in [5.74, 6) is 1.12. The number of nitrogens with one attached hydrogen (secondary N) is 1. The Morgan fingerprint density at radius 3 is 2.36 bits per heavy atom. The van der Waals surface area contributed by atoms with Crippen LogP contribution in [0.1, 0.15) is 29.7 Å². The molecule has 0 bridgehead atoms. The van der Waals surface area contributed by atoms with Crippen LogP contribution in [0.4, 0.5) is 5.69 Å². The summed E-state index contributed by atoms with van der Waals surface area (Å²) in [6, 6.07) is 30.0. The van der Waals surface area contributed by atoms with Crippen LogP contribution in [0, 0.1) is 7.14 Å². The van der Waals surface area contributed by atoms with Gasteiger partial charge in [0.1, 0.15) is 18.1 Å². The van der Waals surface area contributed by atoms with E-state index in [-0.39, 0.29) is 11.5 Å². The molecule has 0 spiro atoms. The second kappa shape index (κ2) is 13.7. The van der Waals surface area contributed by atoms with Crippen LogP contribution in [0.15, 0.2) is 118 Å². The van der Waals surface area contributed by atoms with E-state index in [4.69, 9.17) is 14.5 Å². The van der Waals surface area contributed by atoms with E-state index in [2.05, 4.69) is 50.5 Å². The van der Waals surface area contributed by atoms with Crippen LogP contribution in [-0.4, -0.2) is 17.6 Å². The molecule has 1 unspecified atom stereocenters. The summed E-state index contributed by atoms with van der Waals surface area (Å²) in [6.45, 7) is 2.28. The van der Waals surface area contributed by atoms with Crippen molar-refractivity contribution in [2.24, 2.45) is 4.99 Å². The van der Waals surface area contributed by atoms with Gasteiger partial charge in [0.2, 0.25) is 0 Å². The molecule has 6 rings (SSSR count). The van der Waals surface area contributed by atoms with Gasteiger partial charge in [-0.15, -0.1) is 0 Å². The number of halogens is 2. The summed E-state index contributed by atoms with van der Waals surface area (Å²) >= 11 is 5.85. The molecule has 10 heteroatoms. The molecule has 45 heavy (non-hydrogen) atoms. The molecule has 0 saturated heterocycles. The zero-order valence-electron chi connectivity index (χ0n) is 24.3. The Kier molecular flexibility index (Phi) is 9.52. The molecule has 1 amide bonds. The maximum atomic E-state index is 14.2. The highest BCUT2D eigenvalue weighted by atomic mass is 127. The van der Waals surface area contributed by atoms with Gasteiger partial charge >= 0.3 is 0 Å². The lowest BCUT2D eigenvalue weighted by Gasteiger charge is -2.25. The summed E-state index contributed by atoms with van der Waals surface area (Å²) in [5.41, 5.74) is 4.09. The maximum absolute atomic E-state index is 14.2. The average Bonchev–Trinajstić information content (AvgIpc) is 3.34. The third-order valence-corrected chi connectivity index (χ3v) is 9.84. The molecular formula is C35H27I2N3O4S. The van der Waals surface area contributed by atoms with Crippen molar-refractivity contribution in [1.82, 2.24) is 4.57 Å². The number of thiazole rings is 1. The number of methoxy groups -OCH3 is 1. The molecule has 226 valence electrons. The number of allylic oxidation sites excluding steroid dienone is 1. The maximum Gasteiger partial charge on any atom is 0.271 e. The van der Waals surface area contributed by atoms with E-state index in [0.29, 0.717) is 38.6 Å². The molecule has 0 saturated carbocycles. The van der Waals surface area contributed by atoms with Gasteiger partial charge in [0.15, 0.2) is 4.80 Å². The Bertz CT molecular complexity index is 2090. The van der Waals surface area contributed by atoms with Crippen molar-refractivity contribution in [2.45, 2.75) is 19.6 Å². The third kappa shape index (κ3) is 6.77. The number of fused-ring (bicyclic) bond motifs is 1. The standard InChI is InChI=1S/C35H27I2N3O4S/c1-21-30(33(41)39-25-13-7-4-8-14-25)31(24-12-9-15-26(19-24)43-2)40-34(42)29(45-35(40)38-21)18-23-16-27(36)32(28(37)17-23)44-20-22-10-5-3-6-11-22/h3-19,31H,20H2,1-2H3,(H,39,41). The molecule has 1 N–H and O–H groups in total. The Morgan fingerprint density at radius 2 is 1.67 bits per heavy atom. The van der Waals surface area contributed by atoms with Gasteiger partial charge in [-0.05, 0) is 111 Å². The number of amides is 1. The number of rotatable bonds is 8. The summed E-state index contributed by atoms with van der Waals surface area (Å²) in [5, 5.41) is 2.98. The fourth-order valence-corrected chi connectivity index (χ4v) is 8.31. The van der Waals surface area contributed by atoms with Crippen LogP contribution in [0.2, 0.25) is 0 Å². The molecule has 4 aromatic carbocycles. The highest BCUT2D eigenvalue weighted by Crippen LogP contribution is 2.33. The minimum absolute atomic E-state index is 0.224. The lowest BCUT2D eigenvalue weighted by molar-refractivity contribution is -0.113. The minimum atomic E-state index is -0.698. The Balaban J connectivity index is 1.41. The molecule has 0 radical (unpaired) electrons. The number of carbonyl (C=O) groups excluding carboxylic acids is 1. The third-order valence-electron chi connectivity index (χ3n) is 7.25. The fraction of sp³-hybridized carbons (Fsp3) is 0.114. The number of aromatic nitrogens is 1. The molecule has 1 aromatic heterocycles. The largest absolute Gasteiger partial charge is 0.497 e. The van der Waals surface area contributed by atoms with Gasteiger partial charge in [0.25, 0.3) is 11.5 Å². The minimum Gasteiger partial charge on any atom is -0.497 e. The summed E-state index contributed by atoms with van der Waals surface area (Å²) in [6.07, 6.45) is 1.88. The molecule has 2 heterocycles. The number of nitrogens with zero attached hydrogens (tertiary/aromatic N) is 2. The number of hydrogen-bond donors (Lipinski definition) is 1. The molecule has 1 aliphatic heterocycles. The highest BCUT2D eigenvalue weighted by molar-refractivity contribution is 14.1. The van der Waals surface area contributed by atoms with Crippen molar-refractivity contribution < 1.29 is 14.3 Å². The predicted octanol–water partition coefficient (Wildman–Crippen LogP) is 6.67. The van der Waals surface area contributed by atoms with Crippen molar-refractivity contribution >= 4 is 74.2 Å². The number of anilines is 1. The lowest BCUT2D eigenvalue weighted by Crippen LogP contribution is -2.40. The van der Waals surface area contributed by atoms with E-state index < -0.39 is 6.04 Å². The van der Waals surface area contributed by atoms with Crippen LogP contribution < -0.4 is 29.7 Å². The van der Waals surface area contributed by atoms with Gasteiger partial charge in [-0.2, -0.15) is 0 Å². The first-order chi connectivity index (χ1) is 21.8. The predicted molar refractivity (Wildman–Crippen MR) is 194 cm³/mol. The summed E-state index contributed by atoms with van der Waals surface area (Å²) in [4.78, 5) is 33.2. The van der Waals surface area contributed by atoms with Gasteiger partial charge in [-0.1, -0.05) is 72.0 Å². The highest BCUT2D eigenvalue weighted by Gasteiger charge is 2.32. The molecule has 0 aliphatic carbocycles. The van der Waals surface area contributed by atoms with Gasteiger partial charge in [0, 0.05) is 5.69 Å². The first kappa shape index (κ1) is 31.2. The van der Waals surface area contributed by atoms with Crippen molar-refractivity contribution in [2.75, 3.05) is 12.4 Å². The van der Waals surface area contributed by atoms with Gasteiger partial charge in [-0.3, -0.25) is 14.2 Å². The SMILES string of the molecule is COc1cccc(C2C(C(=O)Nc3ccccc3)=C(C)N=c3sc(=Cc4cc(I)c(OCc5ccccc5)c(I)c4)c(=O)n32)c1. The van der Waals surface area contributed by atoms with Crippen molar-refractivity contribution in [1.29, 1.82) is 0 Å². The molecule has 1 aliphatic rings. The van der Waals surface area contributed by atoms with E-state index in [1.165, 1.54) is 11.3 Å². The molecule has 7 nitrogen and oxygen atoms in total. The number of hydrogen-bond acceptors (Lipinski definition) is 6. The Hall–Kier alpha value is -3.75. The van der Waals surface area contributed by atoms with Crippen LogP contribution in [0.3, 0.4) is 0 Å². The average molecular weight is 839 g/mol. The fourth-order valence-electron chi connectivity index (χ4n) is 5.14. The zero-order chi connectivity index (χ0) is 31.5. The smallest absolute Gasteiger partial charge is 0.271 e. The summed E-state index contributed by atoms with van der Waals surface area (Å²) in [7, 11) is 1.59. The molecule has 1 atom stereocenters. The second-order valence-electron chi connectivity index (χ2n) is 10.3. The van der Waals surface area contributed by atoms with E-state index in [9.17, 15) is 9.59 Å². The van der Waals surface area contributed by atoms with E-state index >= 15 is 0 Å². The first-order valence-electron chi connectivity index (χ1n) is 14.0. The number of ether oxygens (including phenoxy) is 2. The summed E-state index contributed by atoms with van der Waals surface area (Å²) < 4.78 is 15.7. The topological polar surface area (TPSA) is 81.9 Å². The van der Waals surface area contributed by atoms with Crippen molar-refractivity contribution in [3.8, 4) is 11.5 Å². The van der Waals surface area contributed by atoms with Crippen molar-refractivity contribution in [3.63, 3.8) is 0 Å². The van der Waals surface area contributed by atoms with Crippen LogP contribution in [0.5, 0.6) is 11.5 Å². The van der Waals surface area contributed by atoms with Crippen LogP contribution in [0.25, 0.3) is 6.08 Å². The van der Waals surface area contributed by atoms with Crippen LogP contribution >= 0.6 is 56.5 Å². The Morgan fingerprint density at radius 1 is 0.978 bits per heavy atom. The Labute approximate surface area is 291 Å². The lowest BCUT2D eigenvalue weighted by atomic mass is 9.95. The van der Waals surface area contributed by atoms with E-state index in [1.54, 1.807) is 11.7 Å². The van der Waals surface area contributed by atoms with Crippen LogP contribution in [-0.2, 0) is 11.4 Å². The normalized spacial score (nSPS) is 14.5. The number of para-hydroxylation sites is 1. The van der Waals surface area contributed by atoms with Gasteiger partial charge in [-0.25, -0.2) is 4.99 Å². The number of carbonyl (C=O) groups is 1. The quantitative estimate of drug-likeness (QED) is 0.177. The first-order valence-corrected chi connectivity index (χ1v) is 17.0. The van der Waals surface area contributed by atoms with E-state index in [1.807, 2.05) is 110 Å². The zero-order valence-corrected chi connectivity index (χ0v) is 29.4. The molecule has 5 aromatic rings. The second-order valence-corrected chi connectivity index (χ2v) is 13.6. The molecular weight excluding hydrogens is 812 g/mol. The van der Waals surface area contributed by atoms with Gasteiger partial charge < -0.3 is 14.8 Å². The number of benzene rings is 4. The van der Waals surface area contributed by atoms with E-state index in [0.717, 1.165) is 29.6 Å². The van der Waals surface area contributed by atoms with Crippen molar-refractivity contribution in [3.05, 3.63) is 152 Å². The van der Waals surface area contributed by atoms with Gasteiger partial charge in [0.05, 0.1) is 36.1 Å². The molecule has 0 fully saturated rings.